The summed E-state index contributed by atoms with van der Waals surface area (Å²) in [4.78, 5) is 38.9. The molecule has 11 nitrogen and oxygen atoms in total. The fourth-order valence-corrected chi connectivity index (χ4v) is 12.4. The number of fused-ring (bicyclic) bond motifs is 7. The number of esters is 1. The number of unbranched alkanes of at least 4 members (excludes halogenated alkanes) is 1. The molecule has 0 aromatic rings. The lowest BCUT2D eigenvalue weighted by molar-refractivity contribution is -0.328. The van der Waals surface area contributed by atoms with Gasteiger partial charge < -0.3 is 39.7 Å². The molecule has 288 valence electrons. The lowest BCUT2D eigenvalue weighted by Gasteiger charge is -2.71. The average molecular weight is 719 g/mol. The van der Waals surface area contributed by atoms with Crippen LogP contribution in [0.4, 0.5) is 0 Å². The molecule has 0 spiro atoms. The molecule has 0 amide bonds. The number of rotatable bonds is 8. The molecule has 4 saturated carbocycles. The van der Waals surface area contributed by atoms with E-state index in [9.17, 15) is 39.9 Å². The van der Waals surface area contributed by atoms with Crippen molar-refractivity contribution in [2.75, 3.05) is 13.2 Å². The second-order valence-corrected chi connectivity index (χ2v) is 18.7. The Kier molecular flexibility index (Phi) is 10.0. The molecule has 1 saturated heterocycles. The summed E-state index contributed by atoms with van der Waals surface area (Å²) >= 11 is 0. The number of carbonyl (C=O) groups is 3. The summed E-state index contributed by atoms with van der Waals surface area (Å²) in [5.74, 6) is -1.47. The van der Waals surface area contributed by atoms with Crippen LogP contribution in [0.3, 0.4) is 0 Å². The number of aliphatic hydroxyl groups excluding tert-OH is 4. The third kappa shape index (κ3) is 5.60. The third-order valence-corrected chi connectivity index (χ3v) is 16.1. The highest BCUT2D eigenvalue weighted by Crippen LogP contribution is 2.75. The number of ether oxygens (including phenoxy) is 3. The zero-order chi connectivity index (χ0) is 37.5. The van der Waals surface area contributed by atoms with E-state index in [1.807, 2.05) is 13.8 Å². The van der Waals surface area contributed by atoms with Crippen molar-refractivity contribution in [3.05, 3.63) is 11.6 Å². The number of ketones is 1. The number of allylic oxidation sites excluding steroid dienone is 2. The highest BCUT2D eigenvalue weighted by atomic mass is 16.7. The molecule has 1 heterocycles. The quantitative estimate of drug-likeness (QED) is 0.103. The van der Waals surface area contributed by atoms with Crippen molar-refractivity contribution in [1.82, 2.24) is 0 Å². The van der Waals surface area contributed by atoms with Gasteiger partial charge in [-0.3, -0.25) is 9.59 Å². The summed E-state index contributed by atoms with van der Waals surface area (Å²) in [7, 11) is 0. The normalized spacial score (nSPS) is 50.9. The largest absolute Gasteiger partial charge is 0.481 e. The zero-order valence-electron chi connectivity index (χ0n) is 31.7. The van der Waals surface area contributed by atoms with Gasteiger partial charge >= 0.3 is 11.9 Å². The topological polar surface area (TPSA) is 180 Å². The first-order valence-electron chi connectivity index (χ1n) is 19.4. The molecule has 5 aliphatic carbocycles. The van der Waals surface area contributed by atoms with Gasteiger partial charge in [0.15, 0.2) is 12.4 Å². The maximum absolute atomic E-state index is 13.7. The van der Waals surface area contributed by atoms with E-state index in [4.69, 9.17) is 14.2 Å². The van der Waals surface area contributed by atoms with Crippen molar-refractivity contribution >= 4 is 17.7 Å². The minimum atomic E-state index is -1.69. The van der Waals surface area contributed by atoms with Crippen molar-refractivity contribution in [3.8, 4) is 0 Å². The van der Waals surface area contributed by atoms with Crippen LogP contribution < -0.4 is 0 Å². The summed E-state index contributed by atoms with van der Waals surface area (Å²) < 4.78 is 17.6. The van der Waals surface area contributed by atoms with Gasteiger partial charge in [-0.05, 0) is 98.7 Å². The maximum atomic E-state index is 13.7. The van der Waals surface area contributed by atoms with Crippen LogP contribution in [-0.2, 0) is 28.6 Å². The molecule has 6 rings (SSSR count). The lowest BCUT2D eigenvalue weighted by Crippen LogP contribution is -2.67. The summed E-state index contributed by atoms with van der Waals surface area (Å²) in [5.41, 5.74) is -1.65. The fraction of sp³-hybridized carbons (Fsp3) is 0.875. The molecule has 5 N–H and O–H groups in total. The first-order chi connectivity index (χ1) is 23.8. The Labute approximate surface area is 302 Å². The van der Waals surface area contributed by atoms with Crippen LogP contribution in [-0.4, -0.2) is 93.3 Å². The van der Waals surface area contributed by atoms with E-state index in [0.29, 0.717) is 19.3 Å². The zero-order valence-corrected chi connectivity index (χ0v) is 31.7. The molecule has 0 aromatic heterocycles. The summed E-state index contributed by atoms with van der Waals surface area (Å²) in [6.07, 6.45) is 1.32. The van der Waals surface area contributed by atoms with E-state index in [-0.39, 0.29) is 59.4 Å². The Hall–Kier alpha value is -1.89. The monoisotopic (exact) mass is 718 g/mol. The van der Waals surface area contributed by atoms with Crippen LogP contribution in [0.25, 0.3) is 0 Å². The number of carboxylic acids is 1. The van der Waals surface area contributed by atoms with Crippen molar-refractivity contribution in [2.45, 2.75) is 156 Å². The standard InChI is InChI=1S/C40H62O11/c1-8-9-18-49-32(46)31-29(44)28(43)30(45)33(51-31)50-27-13-14-37(4)24(38(27,5)21-41)12-15-40(7)25(37)11-10-22-23-19-35(2,34(47)48)20-26(42)36(23,3)16-17-39(22,40)6/h10,23-25,27-31,33,41,43-45H,8-9,11-21H2,1-7H3,(H,47,48)/t23-,24+,25+,27-,28-,29-,30+,31-,33+,35-,36+,37-,38-,39+,40+/m0/s1. The van der Waals surface area contributed by atoms with Crippen LogP contribution in [0, 0.1) is 50.2 Å². The number of hydrogen-bond acceptors (Lipinski definition) is 10. The van der Waals surface area contributed by atoms with E-state index in [0.717, 1.165) is 44.9 Å². The average Bonchev–Trinajstić information content (AvgIpc) is 3.07. The smallest absolute Gasteiger partial charge is 0.338 e. The molecule has 6 aliphatic rings. The number of Topliss-reactive ketones (excluding diaryl/α,β-unsaturated/α-hetero) is 1. The Morgan fingerprint density at radius 1 is 0.941 bits per heavy atom. The molecule has 0 unspecified atom stereocenters. The Balaban J connectivity index is 1.27. The SMILES string of the molecule is CCCCOC(=O)[C@H]1O[C@@H](O[C@H]2CC[C@@]3(C)[C@@H](CC[C@]4(C)[C@@H]3CC=C3[C@@H]5C[C@](C)(C(=O)O)CC(=O)[C@]5(C)CC[C@]34C)[C@]2(C)CO)[C@H](O)[C@@H](O)[C@@H]1O. The van der Waals surface area contributed by atoms with Gasteiger partial charge in [-0.2, -0.15) is 0 Å². The highest BCUT2D eigenvalue weighted by Gasteiger charge is 2.70. The van der Waals surface area contributed by atoms with Crippen molar-refractivity contribution in [3.63, 3.8) is 0 Å². The first kappa shape index (κ1) is 38.8. The van der Waals surface area contributed by atoms with E-state index in [1.54, 1.807) is 6.92 Å². The fourth-order valence-electron chi connectivity index (χ4n) is 12.4. The molecular formula is C40H62O11. The number of aliphatic hydroxyl groups is 4. The number of carbonyl (C=O) groups excluding carboxylic acids is 2. The second-order valence-electron chi connectivity index (χ2n) is 18.7. The summed E-state index contributed by atoms with van der Waals surface area (Å²) in [6, 6.07) is 0. The van der Waals surface area contributed by atoms with Gasteiger partial charge in [-0.25, -0.2) is 4.79 Å². The Bertz CT molecular complexity index is 1430. The Morgan fingerprint density at radius 3 is 2.29 bits per heavy atom. The van der Waals surface area contributed by atoms with Gasteiger partial charge in [0.1, 0.15) is 24.1 Å². The minimum absolute atomic E-state index is 0.0387. The number of aliphatic carboxylic acids is 1. The van der Waals surface area contributed by atoms with Crippen molar-refractivity contribution < 1.29 is 54.1 Å². The number of carboxylic acid groups (broad SMARTS) is 1. The lowest BCUT2D eigenvalue weighted by atomic mass is 9.33. The summed E-state index contributed by atoms with van der Waals surface area (Å²) in [6.45, 7) is 14.9. The molecule has 15 atom stereocenters. The predicted octanol–water partition coefficient (Wildman–Crippen LogP) is 4.56. The van der Waals surface area contributed by atoms with E-state index in [2.05, 4.69) is 33.8 Å². The van der Waals surface area contributed by atoms with Gasteiger partial charge in [0.2, 0.25) is 0 Å². The van der Waals surface area contributed by atoms with E-state index < -0.39 is 65.0 Å². The molecule has 0 bridgehead atoms. The molecule has 1 aliphatic heterocycles. The molecule has 0 radical (unpaired) electrons. The molecule has 0 aromatic carbocycles. The molecule has 11 heteroatoms. The van der Waals surface area contributed by atoms with E-state index >= 15 is 0 Å². The van der Waals surface area contributed by atoms with Gasteiger partial charge in [0.25, 0.3) is 0 Å². The van der Waals surface area contributed by atoms with E-state index in [1.165, 1.54) is 5.57 Å². The van der Waals surface area contributed by atoms with Crippen LogP contribution >= 0.6 is 0 Å². The minimum Gasteiger partial charge on any atom is -0.481 e. The van der Waals surface area contributed by atoms with Crippen molar-refractivity contribution in [2.24, 2.45) is 50.2 Å². The van der Waals surface area contributed by atoms with Crippen LogP contribution in [0.1, 0.15) is 119 Å². The van der Waals surface area contributed by atoms with Crippen molar-refractivity contribution in [1.29, 1.82) is 0 Å². The third-order valence-electron chi connectivity index (χ3n) is 16.1. The second kappa shape index (κ2) is 13.1. The van der Waals surface area contributed by atoms with Gasteiger partial charge in [0, 0.05) is 17.3 Å². The number of hydrogen-bond donors (Lipinski definition) is 5. The molecular weight excluding hydrogens is 656 g/mol. The van der Waals surface area contributed by atoms with Gasteiger partial charge in [-0.15, -0.1) is 0 Å². The summed E-state index contributed by atoms with van der Waals surface area (Å²) in [5, 5.41) is 53.6. The highest BCUT2D eigenvalue weighted by molar-refractivity contribution is 5.92. The molecule has 5 fully saturated rings. The first-order valence-corrected chi connectivity index (χ1v) is 19.4. The Morgan fingerprint density at radius 2 is 1.65 bits per heavy atom. The van der Waals surface area contributed by atoms with Gasteiger partial charge in [0.05, 0.1) is 24.7 Å². The molecule has 51 heavy (non-hydrogen) atoms. The van der Waals surface area contributed by atoms with Crippen LogP contribution in [0.2, 0.25) is 0 Å². The maximum Gasteiger partial charge on any atom is 0.338 e. The van der Waals surface area contributed by atoms with Gasteiger partial charge in [-0.1, -0.05) is 59.6 Å². The van der Waals surface area contributed by atoms with Crippen LogP contribution in [0.15, 0.2) is 11.6 Å². The predicted molar refractivity (Wildman–Crippen MR) is 186 cm³/mol. The van der Waals surface area contributed by atoms with Crippen LogP contribution in [0.5, 0.6) is 0 Å².